The summed E-state index contributed by atoms with van der Waals surface area (Å²) in [6, 6.07) is 14.2. The van der Waals surface area contributed by atoms with Crippen molar-refractivity contribution in [1.29, 1.82) is 0 Å². The Morgan fingerprint density at radius 2 is 1.64 bits per heavy atom. The van der Waals surface area contributed by atoms with Crippen molar-refractivity contribution in [2.75, 3.05) is 12.8 Å². The number of nitrogens with two attached hydrogens (primary N) is 2. The molecule has 9 nitrogen and oxygen atoms in total. The molecule has 0 bridgehead atoms. The minimum atomic E-state index is -4.76. The number of pyridine rings is 1. The predicted octanol–water partition coefficient (Wildman–Crippen LogP) is 4.43. The number of carboxylic acids is 1. The van der Waals surface area contributed by atoms with Crippen LogP contribution in [0.1, 0.15) is 17.2 Å². The lowest BCUT2D eigenvalue weighted by atomic mass is 10.0. The van der Waals surface area contributed by atoms with Crippen LogP contribution in [0.4, 0.5) is 19.1 Å². The van der Waals surface area contributed by atoms with Crippen LogP contribution in [0, 0.1) is 0 Å². The van der Waals surface area contributed by atoms with Crippen molar-refractivity contribution < 1.29 is 32.5 Å². The Hall–Kier alpha value is -4.71. The molecule has 5 N–H and O–H groups in total. The third-order valence-corrected chi connectivity index (χ3v) is 5.77. The topological polar surface area (TPSA) is 146 Å². The van der Waals surface area contributed by atoms with Crippen LogP contribution in [-0.4, -0.2) is 45.4 Å². The molecule has 39 heavy (non-hydrogen) atoms. The smallest absolute Gasteiger partial charge is 0.429 e. The second-order valence-corrected chi connectivity index (χ2v) is 8.57. The van der Waals surface area contributed by atoms with Crippen LogP contribution in [0.2, 0.25) is 0 Å². The molecule has 0 spiro atoms. The number of hydrogen-bond donors (Lipinski definition) is 3. The lowest BCUT2D eigenvalue weighted by Gasteiger charge is -2.22. The van der Waals surface area contributed by atoms with E-state index in [2.05, 4.69) is 15.0 Å². The molecule has 2 heterocycles. The molecule has 0 aliphatic carbocycles. The van der Waals surface area contributed by atoms with Gasteiger partial charge in [0.05, 0.1) is 19.0 Å². The molecule has 2 aromatic heterocycles. The Morgan fingerprint density at radius 3 is 2.26 bits per heavy atom. The maximum Gasteiger partial charge on any atom is 0.429 e. The number of ether oxygens (including phenoxy) is 2. The number of hydrogen-bond acceptors (Lipinski definition) is 8. The maximum atomic E-state index is 14.1. The lowest BCUT2D eigenvalue weighted by molar-refractivity contribution is -0.198. The van der Waals surface area contributed by atoms with E-state index in [0.29, 0.717) is 28.0 Å². The van der Waals surface area contributed by atoms with Crippen LogP contribution in [0.3, 0.4) is 0 Å². The first-order chi connectivity index (χ1) is 18.5. The summed E-state index contributed by atoms with van der Waals surface area (Å²) in [6.45, 7) is 0. The van der Waals surface area contributed by atoms with E-state index in [-0.39, 0.29) is 29.5 Å². The Kier molecular flexibility index (Phi) is 7.96. The van der Waals surface area contributed by atoms with E-state index < -0.39 is 24.3 Å². The first kappa shape index (κ1) is 27.3. The second-order valence-electron chi connectivity index (χ2n) is 8.57. The summed E-state index contributed by atoms with van der Waals surface area (Å²) in [6.07, 6.45) is -3.87. The highest BCUT2D eigenvalue weighted by Crippen LogP contribution is 2.38. The normalized spacial score (nSPS) is 12.9. The lowest BCUT2D eigenvalue weighted by Crippen LogP contribution is -2.32. The number of benzene rings is 2. The zero-order valence-corrected chi connectivity index (χ0v) is 20.6. The Morgan fingerprint density at radius 1 is 0.974 bits per heavy atom. The standard InChI is InChI=1S/C27H24F3N5O4/c1-38-20-11-19(13-33-14-20)16-6-8-18(9-7-16)24(27(28,29)30)39-23-12-22(34-26(32)35-23)17-4-2-15(3-5-17)10-21(31)25(36)37/h2-9,11-14,21,24H,10,31H2,1H3,(H,36,37)(H2,32,34,35)/t21?,24-/m0/s1. The summed E-state index contributed by atoms with van der Waals surface area (Å²) in [7, 11) is 1.49. The molecule has 0 saturated carbocycles. The molecular weight excluding hydrogens is 515 g/mol. The molecule has 0 aliphatic heterocycles. The number of nitrogens with zero attached hydrogens (tertiary/aromatic N) is 3. The van der Waals surface area contributed by atoms with Crippen LogP contribution < -0.4 is 20.9 Å². The van der Waals surface area contributed by atoms with E-state index in [4.69, 9.17) is 26.0 Å². The SMILES string of the molecule is COc1cncc(-c2ccc([C@H](Oc3cc(-c4ccc(CC(N)C(=O)O)cc4)nc(N)n3)C(F)(F)F)cc2)c1. The van der Waals surface area contributed by atoms with Gasteiger partial charge in [-0.25, -0.2) is 4.98 Å². The van der Waals surface area contributed by atoms with Gasteiger partial charge in [0.2, 0.25) is 17.9 Å². The molecule has 0 amide bonds. The fourth-order valence-electron chi connectivity index (χ4n) is 3.79. The molecule has 4 aromatic rings. The summed E-state index contributed by atoms with van der Waals surface area (Å²) in [5, 5.41) is 8.98. The average Bonchev–Trinajstić information content (AvgIpc) is 2.91. The summed E-state index contributed by atoms with van der Waals surface area (Å²) >= 11 is 0. The van der Waals surface area contributed by atoms with Gasteiger partial charge in [-0.1, -0.05) is 48.5 Å². The van der Waals surface area contributed by atoms with Gasteiger partial charge in [0.1, 0.15) is 11.8 Å². The van der Waals surface area contributed by atoms with Crippen molar-refractivity contribution >= 4 is 11.9 Å². The molecule has 1 unspecified atom stereocenters. The first-order valence-corrected chi connectivity index (χ1v) is 11.6. The van der Waals surface area contributed by atoms with Gasteiger partial charge in [0.25, 0.3) is 0 Å². The first-order valence-electron chi connectivity index (χ1n) is 11.6. The largest absolute Gasteiger partial charge is 0.495 e. The second kappa shape index (κ2) is 11.4. The van der Waals surface area contributed by atoms with Gasteiger partial charge in [-0.15, -0.1) is 0 Å². The molecular formula is C27H24F3N5O4. The van der Waals surface area contributed by atoms with Gasteiger partial charge in [-0.2, -0.15) is 18.2 Å². The molecule has 4 rings (SSSR count). The van der Waals surface area contributed by atoms with Crippen molar-refractivity contribution in [3.8, 4) is 34.0 Å². The van der Waals surface area contributed by atoms with Crippen molar-refractivity contribution in [1.82, 2.24) is 15.0 Å². The zero-order valence-electron chi connectivity index (χ0n) is 20.6. The van der Waals surface area contributed by atoms with E-state index in [0.717, 1.165) is 0 Å². The molecule has 12 heteroatoms. The molecule has 0 fully saturated rings. The van der Waals surface area contributed by atoms with E-state index in [1.165, 1.54) is 43.6 Å². The monoisotopic (exact) mass is 539 g/mol. The van der Waals surface area contributed by atoms with Crippen LogP contribution in [-0.2, 0) is 11.2 Å². The van der Waals surface area contributed by atoms with Crippen LogP contribution in [0.15, 0.2) is 73.1 Å². The number of rotatable bonds is 9. The van der Waals surface area contributed by atoms with Gasteiger partial charge >= 0.3 is 12.1 Å². The minimum Gasteiger partial charge on any atom is -0.495 e. The number of carboxylic acid groups (broad SMARTS) is 1. The minimum absolute atomic E-state index is 0.107. The molecule has 2 aromatic carbocycles. The van der Waals surface area contributed by atoms with Crippen LogP contribution in [0.5, 0.6) is 11.6 Å². The average molecular weight is 540 g/mol. The van der Waals surface area contributed by atoms with E-state index in [9.17, 15) is 18.0 Å². The molecule has 0 saturated heterocycles. The Labute approximate surface area is 221 Å². The number of carbonyl (C=O) groups is 1. The highest BCUT2D eigenvalue weighted by atomic mass is 19.4. The van der Waals surface area contributed by atoms with Gasteiger partial charge in [0.15, 0.2) is 0 Å². The maximum absolute atomic E-state index is 14.1. The third-order valence-electron chi connectivity index (χ3n) is 5.77. The number of halogens is 3. The third kappa shape index (κ3) is 6.79. The van der Waals surface area contributed by atoms with E-state index in [1.54, 1.807) is 36.5 Å². The zero-order chi connectivity index (χ0) is 28.2. The summed E-state index contributed by atoms with van der Waals surface area (Å²) in [5.41, 5.74) is 13.9. The van der Waals surface area contributed by atoms with Crippen LogP contribution >= 0.6 is 0 Å². The van der Waals surface area contributed by atoms with Crippen molar-refractivity contribution in [3.05, 3.63) is 84.2 Å². The Bertz CT molecular complexity index is 1450. The quantitative estimate of drug-likeness (QED) is 0.281. The van der Waals surface area contributed by atoms with Gasteiger partial charge in [-0.05, 0) is 23.6 Å². The summed E-state index contributed by atoms with van der Waals surface area (Å²) in [5.74, 6) is -1.25. The van der Waals surface area contributed by atoms with Gasteiger partial charge < -0.3 is 26.0 Å². The van der Waals surface area contributed by atoms with E-state index >= 15 is 0 Å². The molecule has 0 radical (unpaired) electrons. The highest BCUT2D eigenvalue weighted by Gasteiger charge is 2.43. The number of aliphatic carboxylic acids is 1. The van der Waals surface area contributed by atoms with E-state index in [1.807, 2.05) is 0 Å². The van der Waals surface area contributed by atoms with Crippen molar-refractivity contribution in [2.45, 2.75) is 24.7 Å². The fraction of sp³-hybridized carbons (Fsp3) is 0.185. The summed E-state index contributed by atoms with van der Waals surface area (Å²) in [4.78, 5) is 23.0. The number of nitrogen functional groups attached to an aromatic ring is 1. The van der Waals surface area contributed by atoms with Crippen molar-refractivity contribution in [3.63, 3.8) is 0 Å². The summed E-state index contributed by atoms with van der Waals surface area (Å²) < 4.78 is 52.7. The van der Waals surface area contributed by atoms with Gasteiger partial charge in [-0.3, -0.25) is 9.78 Å². The number of aromatic nitrogens is 3. The highest BCUT2D eigenvalue weighted by molar-refractivity contribution is 5.73. The molecule has 0 aliphatic rings. The number of methoxy groups -OCH3 is 1. The Balaban J connectivity index is 1.58. The number of alkyl halides is 3. The van der Waals surface area contributed by atoms with Crippen LogP contribution in [0.25, 0.3) is 22.4 Å². The van der Waals surface area contributed by atoms with Crippen molar-refractivity contribution in [2.24, 2.45) is 5.73 Å². The number of anilines is 1. The van der Waals surface area contributed by atoms with Gasteiger partial charge in [0, 0.05) is 29.0 Å². The predicted molar refractivity (Wildman–Crippen MR) is 137 cm³/mol. The molecule has 2 atom stereocenters. The fourth-order valence-corrected chi connectivity index (χ4v) is 3.79. The molecule has 202 valence electrons.